The van der Waals surface area contributed by atoms with E-state index in [0.717, 1.165) is 13.0 Å². The third-order valence-electron chi connectivity index (χ3n) is 2.42. The summed E-state index contributed by atoms with van der Waals surface area (Å²) in [7, 11) is 1.21. The lowest BCUT2D eigenvalue weighted by Gasteiger charge is -2.14. The monoisotopic (exact) mass is 216 g/mol. The predicted octanol–water partition coefficient (Wildman–Crippen LogP) is -0.817. The highest BCUT2D eigenvalue weighted by Gasteiger charge is 2.23. The summed E-state index contributed by atoms with van der Waals surface area (Å²) in [6.07, 6.45) is 0.153. The fraction of sp³-hybridized carbons (Fsp3) is 0.778. The summed E-state index contributed by atoms with van der Waals surface area (Å²) < 4.78 is 4.30. The zero-order chi connectivity index (χ0) is 11.3. The van der Waals surface area contributed by atoms with Crippen molar-refractivity contribution in [1.82, 2.24) is 10.2 Å². The number of likely N-dealkylation sites (tertiary alicyclic amines) is 1. The number of carbonyl (C=O) groups is 2. The Kier molecular flexibility index (Phi) is 4.51. The molecule has 1 rings (SSSR count). The van der Waals surface area contributed by atoms with Crippen LogP contribution in [0.4, 0.5) is 4.79 Å². The standard InChI is InChI=1S/C9H16N2O4/c1-15-9(14)10-8(13)5-11-3-2-7(4-11)6-12/h7,12H,2-6H2,1H3,(H,10,13,14). The van der Waals surface area contributed by atoms with Gasteiger partial charge in [0.1, 0.15) is 0 Å². The highest BCUT2D eigenvalue weighted by Crippen LogP contribution is 2.14. The molecule has 15 heavy (non-hydrogen) atoms. The van der Waals surface area contributed by atoms with Gasteiger partial charge < -0.3 is 9.84 Å². The molecular formula is C9H16N2O4. The molecule has 0 radical (unpaired) electrons. The van der Waals surface area contributed by atoms with Crippen molar-refractivity contribution < 1.29 is 19.4 Å². The Morgan fingerprint density at radius 2 is 2.33 bits per heavy atom. The molecule has 1 atom stereocenters. The minimum absolute atomic E-state index is 0.148. The average Bonchev–Trinajstić information content (AvgIpc) is 2.65. The number of methoxy groups -OCH3 is 1. The fourth-order valence-corrected chi connectivity index (χ4v) is 1.61. The number of imide groups is 1. The van der Waals surface area contributed by atoms with Gasteiger partial charge >= 0.3 is 6.09 Å². The van der Waals surface area contributed by atoms with Gasteiger partial charge in [0.05, 0.1) is 13.7 Å². The molecule has 0 spiro atoms. The van der Waals surface area contributed by atoms with Gasteiger partial charge in [-0.3, -0.25) is 15.0 Å². The smallest absolute Gasteiger partial charge is 0.413 e. The summed E-state index contributed by atoms with van der Waals surface area (Å²) in [6.45, 7) is 1.80. The Hall–Kier alpha value is -1.14. The number of nitrogens with zero attached hydrogens (tertiary/aromatic N) is 1. The number of aliphatic hydroxyl groups excluding tert-OH is 1. The van der Waals surface area contributed by atoms with Gasteiger partial charge in [0, 0.05) is 13.2 Å². The van der Waals surface area contributed by atoms with E-state index in [9.17, 15) is 9.59 Å². The van der Waals surface area contributed by atoms with E-state index in [4.69, 9.17) is 5.11 Å². The quantitative estimate of drug-likeness (QED) is 0.644. The Bertz CT molecular complexity index is 244. The van der Waals surface area contributed by atoms with Crippen LogP contribution < -0.4 is 5.32 Å². The van der Waals surface area contributed by atoms with Crippen molar-refractivity contribution in [3.05, 3.63) is 0 Å². The number of ether oxygens (including phenoxy) is 1. The second-order valence-electron chi connectivity index (χ2n) is 3.61. The molecule has 86 valence electrons. The van der Waals surface area contributed by atoms with Gasteiger partial charge in [0.15, 0.2) is 0 Å². The van der Waals surface area contributed by atoms with Gasteiger partial charge in [0.25, 0.3) is 0 Å². The number of hydrogen-bond acceptors (Lipinski definition) is 5. The van der Waals surface area contributed by atoms with Crippen LogP contribution in [0.2, 0.25) is 0 Å². The summed E-state index contributed by atoms with van der Waals surface area (Å²) in [5, 5.41) is 11.0. The van der Waals surface area contributed by atoms with Crippen molar-refractivity contribution in [1.29, 1.82) is 0 Å². The number of hydrogen-bond donors (Lipinski definition) is 2. The third kappa shape index (κ3) is 3.85. The van der Waals surface area contributed by atoms with E-state index >= 15 is 0 Å². The maximum Gasteiger partial charge on any atom is 0.413 e. The maximum absolute atomic E-state index is 11.2. The van der Waals surface area contributed by atoms with Crippen molar-refractivity contribution in [3.8, 4) is 0 Å². The third-order valence-corrected chi connectivity index (χ3v) is 2.42. The lowest BCUT2D eigenvalue weighted by molar-refractivity contribution is -0.121. The van der Waals surface area contributed by atoms with Crippen LogP contribution in [-0.2, 0) is 9.53 Å². The summed E-state index contributed by atoms with van der Waals surface area (Å²) in [4.78, 5) is 23.9. The predicted molar refractivity (Wildman–Crippen MR) is 52.2 cm³/mol. The first-order valence-corrected chi connectivity index (χ1v) is 4.86. The van der Waals surface area contributed by atoms with Gasteiger partial charge in [-0.2, -0.15) is 0 Å². The van der Waals surface area contributed by atoms with Gasteiger partial charge in [0.2, 0.25) is 5.91 Å². The molecule has 1 aliphatic rings. The molecule has 0 aromatic carbocycles. The average molecular weight is 216 g/mol. The van der Waals surface area contributed by atoms with Crippen LogP contribution in [0.15, 0.2) is 0 Å². The summed E-state index contributed by atoms with van der Waals surface area (Å²) in [5.74, 6) is -0.128. The molecule has 0 saturated carbocycles. The normalized spacial score (nSPS) is 21.3. The highest BCUT2D eigenvalue weighted by molar-refractivity contribution is 5.92. The van der Waals surface area contributed by atoms with Gasteiger partial charge in [-0.15, -0.1) is 0 Å². The first kappa shape index (κ1) is 11.9. The number of rotatable bonds is 3. The molecule has 1 heterocycles. The second kappa shape index (κ2) is 5.67. The van der Waals surface area contributed by atoms with Crippen LogP contribution in [0.5, 0.6) is 0 Å². The minimum Gasteiger partial charge on any atom is -0.453 e. The Morgan fingerprint density at radius 1 is 1.60 bits per heavy atom. The molecule has 0 aromatic rings. The van der Waals surface area contributed by atoms with E-state index in [-0.39, 0.29) is 25.0 Å². The fourth-order valence-electron chi connectivity index (χ4n) is 1.61. The Morgan fingerprint density at radius 3 is 2.87 bits per heavy atom. The lowest BCUT2D eigenvalue weighted by Crippen LogP contribution is -2.39. The first-order chi connectivity index (χ1) is 7.15. The number of carbonyl (C=O) groups excluding carboxylic acids is 2. The largest absolute Gasteiger partial charge is 0.453 e. The van der Waals surface area contributed by atoms with Crippen LogP contribution >= 0.6 is 0 Å². The zero-order valence-electron chi connectivity index (χ0n) is 8.73. The summed E-state index contributed by atoms with van der Waals surface area (Å²) >= 11 is 0. The van der Waals surface area contributed by atoms with Crippen LogP contribution in [0, 0.1) is 5.92 Å². The topological polar surface area (TPSA) is 78.9 Å². The molecule has 0 bridgehead atoms. The van der Waals surface area contributed by atoms with E-state index < -0.39 is 6.09 Å². The number of amides is 2. The Labute approximate surface area is 88.2 Å². The van der Waals surface area contributed by atoms with E-state index in [2.05, 4.69) is 10.1 Å². The second-order valence-corrected chi connectivity index (χ2v) is 3.61. The van der Waals surface area contributed by atoms with Gasteiger partial charge in [-0.1, -0.05) is 0 Å². The minimum atomic E-state index is -0.738. The van der Waals surface area contributed by atoms with E-state index in [1.807, 2.05) is 4.90 Å². The molecule has 1 saturated heterocycles. The number of aliphatic hydroxyl groups is 1. The van der Waals surface area contributed by atoms with Gasteiger partial charge in [-0.05, 0) is 18.9 Å². The number of alkyl carbamates (subject to hydrolysis) is 1. The van der Waals surface area contributed by atoms with Crippen LogP contribution in [0.1, 0.15) is 6.42 Å². The summed E-state index contributed by atoms with van der Waals surface area (Å²) in [5.41, 5.74) is 0. The lowest BCUT2D eigenvalue weighted by atomic mass is 10.1. The zero-order valence-corrected chi connectivity index (χ0v) is 8.73. The van der Waals surface area contributed by atoms with Crippen LogP contribution in [0.25, 0.3) is 0 Å². The molecular weight excluding hydrogens is 200 g/mol. The Balaban J connectivity index is 2.24. The maximum atomic E-state index is 11.2. The van der Waals surface area contributed by atoms with E-state index in [1.165, 1.54) is 7.11 Å². The molecule has 1 fully saturated rings. The van der Waals surface area contributed by atoms with E-state index in [1.54, 1.807) is 0 Å². The molecule has 0 aliphatic carbocycles. The van der Waals surface area contributed by atoms with E-state index in [0.29, 0.717) is 6.54 Å². The highest BCUT2D eigenvalue weighted by atomic mass is 16.5. The SMILES string of the molecule is COC(=O)NC(=O)CN1CCC(CO)C1. The van der Waals surface area contributed by atoms with Crippen molar-refractivity contribution in [2.75, 3.05) is 33.4 Å². The summed E-state index contributed by atoms with van der Waals surface area (Å²) in [6, 6.07) is 0. The molecule has 0 aromatic heterocycles. The molecule has 2 N–H and O–H groups in total. The molecule has 6 heteroatoms. The van der Waals surface area contributed by atoms with Gasteiger partial charge in [-0.25, -0.2) is 4.79 Å². The molecule has 1 aliphatic heterocycles. The van der Waals surface area contributed by atoms with Crippen molar-refractivity contribution in [2.45, 2.75) is 6.42 Å². The molecule has 6 nitrogen and oxygen atoms in total. The molecule has 2 amide bonds. The van der Waals surface area contributed by atoms with Crippen molar-refractivity contribution in [3.63, 3.8) is 0 Å². The van der Waals surface area contributed by atoms with Crippen molar-refractivity contribution in [2.24, 2.45) is 5.92 Å². The molecule has 1 unspecified atom stereocenters. The number of nitrogens with one attached hydrogen (secondary N) is 1. The first-order valence-electron chi connectivity index (χ1n) is 4.86. The van der Waals surface area contributed by atoms with Crippen LogP contribution in [0.3, 0.4) is 0 Å². The van der Waals surface area contributed by atoms with Crippen LogP contribution in [-0.4, -0.2) is 55.4 Å². The van der Waals surface area contributed by atoms with Crippen molar-refractivity contribution >= 4 is 12.0 Å².